The van der Waals surface area contributed by atoms with Gasteiger partial charge in [0.15, 0.2) is 5.16 Å². The van der Waals surface area contributed by atoms with Gasteiger partial charge in [0.1, 0.15) is 6.54 Å². The van der Waals surface area contributed by atoms with Crippen LogP contribution in [0.2, 0.25) is 5.02 Å². The number of anilines is 3. The summed E-state index contributed by atoms with van der Waals surface area (Å²) in [6.45, 7) is 3.61. The quantitative estimate of drug-likeness (QED) is 0.554. The Kier molecular flexibility index (Phi) is 5.99. The fraction of sp³-hybridized carbons (Fsp3) is 0.304. The molecule has 1 atom stereocenters. The number of halogens is 1. The molecule has 2 aromatic carbocycles. The summed E-state index contributed by atoms with van der Waals surface area (Å²) in [6, 6.07) is 14.9. The van der Waals surface area contributed by atoms with Crippen LogP contribution in [0.1, 0.15) is 19.8 Å². The number of hydrogen-bond acceptors (Lipinski definition) is 6. The molecule has 1 fully saturated rings. The van der Waals surface area contributed by atoms with E-state index in [-0.39, 0.29) is 18.4 Å². The van der Waals surface area contributed by atoms with Crippen molar-refractivity contribution in [1.29, 1.82) is 0 Å². The van der Waals surface area contributed by atoms with Gasteiger partial charge < -0.3 is 10.2 Å². The Labute approximate surface area is 200 Å². The maximum absolute atomic E-state index is 13.4. The number of carbonyl (C=O) groups excluding carboxylic acids is 2. The lowest BCUT2D eigenvalue weighted by atomic mass is 10.2. The van der Waals surface area contributed by atoms with Gasteiger partial charge in [0, 0.05) is 13.1 Å². The average molecular weight is 483 g/mol. The minimum atomic E-state index is -0.499. The minimum absolute atomic E-state index is 0.0169. The molecular weight excluding hydrogens is 460 g/mol. The van der Waals surface area contributed by atoms with Crippen molar-refractivity contribution >= 4 is 52.5 Å². The largest absolute Gasteiger partial charge is 0.341 e. The van der Waals surface area contributed by atoms with Crippen molar-refractivity contribution in [2.24, 2.45) is 0 Å². The monoisotopic (exact) mass is 482 g/mol. The molecule has 0 unspecified atom stereocenters. The lowest BCUT2D eigenvalue weighted by Gasteiger charge is -2.30. The van der Waals surface area contributed by atoms with E-state index in [2.05, 4.69) is 20.4 Å². The van der Waals surface area contributed by atoms with Gasteiger partial charge in [-0.25, -0.2) is 0 Å². The molecule has 1 saturated heterocycles. The lowest BCUT2D eigenvalue weighted by molar-refractivity contribution is -0.121. The predicted octanol–water partition coefficient (Wildman–Crippen LogP) is 3.99. The summed E-state index contributed by atoms with van der Waals surface area (Å²) in [5.41, 5.74) is 2.10. The van der Waals surface area contributed by atoms with Gasteiger partial charge in [0.2, 0.25) is 17.8 Å². The molecule has 2 aliphatic heterocycles. The van der Waals surface area contributed by atoms with Crippen LogP contribution in [-0.4, -0.2) is 51.5 Å². The summed E-state index contributed by atoms with van der Waals surface area (Å²) in [4.78, 5) is 29.3. The number of nitrogens with zero attached hydrogens (tertiary/aromatic N) is 5. The summed E-state index contributed by atoms with van der Waals surface area (Å²) >= 11 is 7.85. The van der Waals surface area contributed by atoms with Crippen LogP contribution >= 0.6 is 23.4 Å². The first-order chi connectivity index (χ1) is 16.0. The molecule has 170 valence electrons. The zero-order valence-corrected chi connectivity index (χ0v) is 19.6. The highest BCUT2D eigenvalue weighted by Gasteiger charge is 2.32. The second-order valence-electron chi connectivity index (χ2n) is 8.01. The molecular formula is C23H23ClN6O2S. The fourth-order valence-electron chi connectivity index (χ4n) is 4.16. The molecule has 8 nitrogen and oxygen atoms in total. The number of carbonyl (C=O) groups is 2. The molecule has 1 aromatic heterocycles. The number of hydrogen-bond donors (Lipinski definition) is 1. The number of amides is 2. The van der Waals surface area contributed by atoms with Crippen molar-refractivity contribution in [3.63, 3.8) is 0 Å². The fourth-order valence-corrected chi connectivity index (χ4v) is 5.30. The van der Waals surface area contributed by atoms with Gasteiger partial charge >= 0.3 is 0 Å². The second kappa shape index (κ2) is 9.07. The number of fused-ring (bicyclic) bond motifs is 1. The SMILES string of the molecule is C[C@@H](Sc1nnc(N2CCCC2)n1-c1ccccc1Cl)C(=O)N1CC(=O)Nc2ccccc21. The number of aromatic nitrogens is 3. The Balaban J connectivity index is 1.47. The van der Waals surface area contributed by atoms with Gasteiger partial charge in [-0.15, -0.1) is 10.2 Å². The standard InChI is InChI=1S/C23H23ClN6O2S/c1-15(21(32)29-14-20(31)25-17-9-3-5-11-19(17)29)33-23-27-26-22(28-12-6-7-13-28)30(23)18-10-4-2-8-16(18)24/h2-5,8-11,15H,6-7,12-14H2,1H3,(H,25,31)/t15-/m1/s1. The van der Waals surface area contributed by atoms with Crippen LogP contribution in [0.15, 0.2) is 53.7 Å². The summed E-state index contributed by atoms with van der Waals surface area (Å²) in [5, 5.41) is 12.4. The summed E-state index contributed by atoms with van der Waals surface area (Å²) in [7, 11) is 0. The van der Waals surface area contributed by atoms with Crippen molar-refractivity contribution < 1.29 is 9.59 Å². The highest BCUT2D eigenvalue weighted by Crippen LogP contribution is 2.35. The first kappa shape index (κ1) is 21.8. The van der Waals surface area contributed by atoms with Gasteiger partial charge in [-0.1, -0.05) is 47.6 Å². The van der Waals surface area contributed by atoms with Crippen LogP contribution in [0.25, 0.3) is 5.69 Å². The van der Waals surface area contributed by atoms with E-state index < -0.39 is 5.25 Å². The Bertz CT molecular complexity index is 1210. The smallest absolute Gasteiger partial charge is 0.244 e. The van der Waals surface area contributed by atoms with Crippen LogP contribution in [0, 0.1) is 0 Å². The molecule has 33 heavy (non-hydrogen) atoms. The third kappa shape index (κ3) is 4.18. The Morgan fingerprint density at radius 2 is 1.76 bits per heavy atom. The number of rotatable bonds is 5. The normalized spacial score (nSPS) is 16.5. The number of thioether (sulfide) groups is 1. The van der Waals surface area contributed by atoms with Crippen LogP contribution in [-0.2, 0) is 9.59 Å². The van der Waals surface area contributed by atoms with Gasteiger partial charge in [0.05, 0.1) is 27.3 Å². The van der Waals surface area contributed by atoms with Gasteiger partial charge in [-0.05, 0) is 44.0 Å². The van der Waals surface area contributed by atoms with Gasteiger partial charge in [-0.3, -0.25) is 19.1 Å². The van der Waals surface area contributed by atoms with E-state index >= 15 is 0 Å². The second-order valence-corrected chi connectivity index (χ2v) is 9.73. The summed E-state index contributed by atoms with van der Waals surface area (Å²) < 4.78 is 1.93. The molecule has 0 bridgehead atoms. The lowest BCUT2D eigenvalue weighted by Crippen LogP contribution is -2.45. The first-order valence-corrected chi connectivity index (χ1v) is 12.1. The number of benzene rings is 2. The Hall–Kier alpha value is -3.04. The van der Waals surface area contributed by atoms with Crippen LogP contribution in [0.3, 0.4) is 0 Å². The zero-order chi connectivity index (χ0) is 22.9. The van der Waals surface area contributed by atoms with E-state index in [4.69, 9.17) is 11.6 Å². The van der Waals surface area contributed by atoms with Gasteiger partial charge in [-0.2, -0.15) is 0 Å². The van der Waals surface area contributed by atoms with Crippen LogP contribution < -0.4 is 15.1 Å². The number of para-hydroxylation sites is 3. The van der Waals surface area contributed by atoms with Crippen molar-refractivity contribution in [3.05, 3.63) is 53.6 Å². The molecule has 0 spiro atoms. The van der Waals surface area contributed by atoms with Crippen LogP contribution in [0.4, 0.5) is 17.3 Å². The molecule has 0 saturated carbocycles. The maximum atomic E-state index is 13.4. The van der Waals surface area contributed by atoms with E-state index in [1.54, 1.807) is 6.07 Å². The van der Waals surface area contributed by atoms with Crippen molar-refractivity contribution in [1.82, 2.24) is 14.8 Å². The van der Waals surface area contributed by atoms with E-state index in [0.29, 0.717) is 21.6 Å². The molecule has 2 amide bonds. The topological polar surface area (TPSA) is 83.4 Å². The van der Waals surface area contributed by atoms with Crippen LogP contribution in [0.5, 0.6) is 0 Å². The highest BCUT2D eigenvalue weighted by molar-refractivity contribution is 8.00. The van der Waals surface area contributed by atoms with E-state index in [1.165, 1.54) is 16.7 Å². The minimum Gasteiger partial charge on any atom is -0.341 e. The molecule has 3 aromatic rings. The van der Waals surface area contributed by atoms with Gasteiger partial charge in [0.25, 0.3) is 0 Å². The molecule has 0 aliphatic carbocycles. The predicted molar refractivity (Wildman–Crippen MR) is 131 cm³/mol. The molecule has 0 radical (unpaired) electrons. The summed E-state index contributed by atoms with van der Waals surface area (Å²) in [5.74, 6) is 0.346. The molecule has 5 rings (SSSR count). The third-order valence-electron chi connectivity index (χ3n) is 5.77. The van der Waals surface area contributed by atoms with E-state index in [9.17, 15) is 9.59 Å². The Morgan fingerprint density at radius 3 is 2.52 bits per heavy atom. The molecule has 3 heterocycles. The van der Waals surface area contributed by atoms with Crippen molar-refractivity contribution in [3.8, 4) is 5.69 Å². The Morgan fingerprint density at radius 1 is 1.06 bits per heavy atom. The van der Waals surface area contributed by atoms with Crippen molar-refractivity contribution in [2.45, 2.75) is 30.2 Å². The average Bonchev–Trinajstić information content (AvgIpc) is 3.48. The van der Waals surface area contributed by atoms with E-state index in [0.717, 1.165) is 37.6 Å². The highest BCUT2D eigenvalue weighted by atomic mass is 35.5. The number of nitrogens with one attached hydrogen (secondary N) is 1. The van der Waals surface area contributed by atoms with E-state index in [1.807, 2.05) is 54.0 Å². The maximum Gasteiger partial charge on any atom is 0.244 e. The van der Waals surface area contributed by atoms with Crippen molar-refractivity contribution in [2.75, 3.05) is 34.8 Å². The first-order valence-electron chi connectivity index (χ1n) is 10.8. The molecule has 10 heteroatoms. The molecule has 1 N–H and O–H groups in total. The third-order valence-corrected chi connectivity index (χ3v) is 7.12. The summed E-state index contributed by atoms with van der Waals surface area (Å²) in [6.07, 6.45) is 2.20. The molecule has 2 aliphatic rings. The zero-order valence-electron chi connectivity index (χ0n) is 18.1.